The van der Waals surface area contributed by atoms with Gasteiger partial charge in [-0.15, -0.1) is 0 Å². The highest BCUT2D eigenvalue weighted by molar-refractivity contribution is 5.07. The molecule has 1 aromatic heterocycles. The summed E-state index contributed by atoms with van der Waals surface area (Å²) in [6.45, 7) is 3.85. The van der Waals surface area contributed by atoms with E-state index in [-0.39, 0.29) is 6.54 Å². The molecule has 1 aliphatic rings. The van der Waals surface area contributed by atoms with Gasteiger partial charge in [-0.1, -0.05) is 19.9 Å². The summed E-state index contributed by atoms with van der Waals surface area (Å²) in [4.78, 5) is 26.4. The summed E-state index contributed by atoms with van der Waals surface area (Å²) < 4.78 is 11.9. The molecule has 0 saturated carbocycles. The maximum atomic E-state index is 12.2. The molecule has 0 radical (unpaired) electrons. The molecule has 1 aliphatic heterocycles. The van der Waals surface area contributed by atoms with E-state index in [1.54, 1.807) is 6.20 Å². The highest BCUT2D eigenvalue weighted by Crippen LogP contribution is 2.30. The largest absolute Gasteiger partial charge is 0.394 e. The van der Waals surface area contributed by atoms with Crippen molar-refractivity contribution < 1.29 is 19.7 Å². The summed E-state index contributed by atoms with van der Waals surface area (Å²) >= 11 is 0. The first kappa shape index (κ1) is 19.4. The summed E-state index contributed by atoms with van der Waals surface area (Å²) in [6.07, 6.45) is 1.30. The number of nitrogens with one attached hydrogen (secondary N) is 2. The van der Waals surface area contributed by atoms with Gasteiger partial charge in [0.15, 0.2) is 6.23 Å². The van der Waals surface area contributed by atoms with Crippen molar-refractivity contribution in [3.05, 3.63) is 44.9 Å². The number of hydrogen-bond donors (Lipinski definition) is 4. The Balaban J connectivity index is 2.27. The number of rotatable bonds is 7. The van der Waals surface area contributed by atoms with Gasteiger partial charge in [-0.05, 0) is 12.1 Å². The van der Waals surface area contributed by atoms with E-state index in [0.29, 0.717) is 11.5 Å². The predicted molar refractivity (Wildman–Crippen MR) is 89.9 cm³/mol. The highest BCUT2D eigenvalue weighted by Gasteiger charge is 2.45. The highest BCUT2D eigenvalue weighted by atomic mass is 16.6. The molecule has 0 unspecified atom stereocenters. The van der Waals surface area contributed by atoms with Gasteiger partial charge in [0.05, 0.1) is 12.2 Å². The summed E-state index contributed by atoms with van der Waals surface area (Å²) in [6, 6.07) is 0. The Morgan fingerprint density at radius 2 is 2.20 bits per heavy atom. The Morgan fingerprint density at radius 1 is 1.48 bits per heavy atom. The quantitative estimate of drug-likeness (QED) is 0.497. The van der Waals surface area contributed by atoms with E-state index in [1.165, 1.54) is 13.3 Å². The Bertz CT molecular complexity index is 711. The summed E-state index contributed by atoms with van der Waals surface area (Å²) in [5, 5.41) is 22.4. The molecular weight excluding hydrogens is 330 g/mol. The zero-order chi connectivity index (χ0) is 18.6. The van der Waals surface area contributed by atoms with Crippen LogP contribution in [0.4, 0.5) is 0 Å². The number of allylic oxidation sites excluding steroid dienone is 1. The molecular formula is C16H25N3O6. The average molecular weight is 355 g/mol. The van der Waals surface area contributed by atoms with Gasteiger partial charge in [-0.2, -0.15) is 0 Å². The number of aromatic nitrogens is 2. The number of nitrogens with zero attached hydrogens (tertiary/aromatic N) is 1. The zero-order valence-electron chi connectivity index (χ0n) is 14.5. The Kier molecular flexibility index (Phi) is 6.54. The minimum Gasteiger partial charge on any atom is -0.394 e. The smallest absolute Gasteiger partial charge is 0.330 e. The van der Waals surface area contributed by atoms with Crippen molar-refractivity contribution >= 4 is 0 Å². The molecule has 25 heavy (non-hydrogen) atoms. The number of aromatic amines is 1. The fraction of sp³-hybridized carbons (Fsp3) is 0.625. The minimum atomic E-state index is -1.09. The third-order valence-electron chi connectivity index (χ3n) is 3.97. The maximum absolute atomic E-state index is 12.2. The number of methoxy groups -OCH3 is 1. The lowest BCUT2D eigenvalue weighted by molar-refractivity contribution is -0.0626. The van der Waals surface area contributed by atoms with Crippen molar-refractivity contribution in [2.24, 2.45) is 5.92 Å². The van der Waals surface area contributed by atoms with Crippen LogP contribution in [0.3, 0.4) is 0 Å². The van der Waals surface area contributed by atoms with Crippen LogP contribution in [-0.4, -0.2) is 51.8 Å². The SMILES string of the molecule is CO[C@@H]1[C@H](O)[C@@H](CO)O[C@H]1n1cc(CNC=CC(C)C)c(=O)[nH]c1=O. The molecule has 4 atom stereocenters. The number of aliphatic hydroxyl groups is 2. The molecule has 0 bridgehead atoms. The van der Waals surface area contributed by atoms with Gasteiger partial charge in [-0.25, -0.2) is 4.79 Å². The van der Waals surface area contributed by atoms with Crippen LogP contribution >= 0.6 is 0 Å². The van der Waals surface area contributed by atoms with Gasteiger partial charge in [0.2, 0.25) is 0 Å². The van der Waals surface area contributed by atoms with Crippen molar-refractivity contribution in [3.63, 3.8) is 0 Å². The lowest BCUT2D eigenvalue weighted by atomic mass is 10.1. The van der Waals surface area contributed by atoms with E-state index in [1.807, 2.05) is 19.9 Å². The number of H-pyrrole nitrogens is 1. The number of hydrogen-bond acceptors (Lipinski definition) is 7. The lowest BCUT2D eigenvalue weighted by Gasteiger charge is -2.20. The molecule has 0 amide bonds. The molecule has 2 heterocycles. The Labute approximate surface area is 144 Å². The van der Waals surface area contributed by atoms with Gasteiger partial charge >= 0.3 is 5.69 Å². The van der Waals surface area contributed by atoms with Crippen molar-refractivity contribution in [1.82, 2.24) is 14.9 Å². The van der Waals surface area contributed by atoms with Crippen LogP contribution in [0, 0.1) is 5.92 Å². The van der Waals surface area contributed by atoms with Crippen molar-refractivity contribution in [2.75, 3.05) is 13.7 Å². The number of aliphatic hydroxyl groups excluding tert-OH is 2. The summed E-state index contributed by atoms with van der Waals surface area (Å²) in [5.41, 5.74) is -0.851. The average Bonchev–Trinajstić information content (AvgIpc) is 2.88. The first-order chi connectivity index (χ1) is 11.9. The van der Waals surface area contributed by atoms with Gasteiger partial charge in [0.1, 0.15) is 18.3 Å². The Morgan fingerprint density at radius 3 is 2.80 bits per heavy atom. The van der Waals surface area contributed by atoms with E-state index in [2.05, 4.69) is 10.3 Å². The third-order valence-corrected chi connectivity index (χ3v) is 3.97. The van der Waals surface area contributed by atoms with Crippen LogP contribution in [0.25, 0.3) is 0 Å². The van der Waals surface area contributed by atoms with Crippen molar-refractivity contribution in [2.45, 2.75) is 44.9 Å². The van der Waals surface area contributed by atoms with E-state index in [4.69, 9.17) is 9.47 Å². The third kappa shape index (κ3) is 4.37. The summed E-state index contributed by atoms with van der Waals surface area (Å²) in [7, 11) is 1.37. The van der Waals surface area contributed by atoms with Gasteiger partial charge in [-0.3, -0.25) is 14.3 Å². The monoisotopic (exact) mass is 355 g/mol. The molecule has 0 spiro atoms. The Hall–Kier alpha value is -1.94. The molecule has 0 aromatic carbocycles. The normalized spacial score (nSPS) is 26.6. The lowest BCUT2D eigenvalue weighted by Crippen LogP contribution is -2.40. The standard InChI is InChI=1S/C16H25N3O6/c1-9(2)4-5-17-6-10-7-19(16(23)18-14(10)22)15-13(24-3)12(21)11(8-20)25-15/h4-5,7,9,11-13,15,17,20-21H,6,8H2,1-3H3,(H,18,22,23)/t11-,12-,13-,15-/m1/s1. The van der Waals surface area contributed by atoms with Gasteiger partial charge < -0.3 is 25.0 Å². The molecule has 1 aromatic rings. The molecule has 1 saturated heterocycles. The van der Waals surface area contributed by atoms with Crippen molar-refractivity contribution in [3.8, 4) is 0 Å². The van der Waals surface area contributed by atoms with Gasteiger partial charge in [0.25, 0.3) is 5.56 Å². The minimum absolute atomic E-state index is 0.217. The van der Waals surface area contributed by atoms with Crippen molar-refractivity contribution in [1.29, 1.82) is 0 Å². The fourth-order valence-electron chi connectivity index (χ4n) is 2.62. The topological polar surface area (TPSA) is 126 Å². The molecule has 4 N–H and O–H groups in total. The molecule has 9 nitrogen and oxygen atoms in total. The van der Waals surface area contributed by atoms with E-state index in [9.17, 15) is 19.8 Å². The fourth-order valence-corrected chi connectivity index (χ4v) is 2.62. The second-order valence-corrected chi connectivity index (χ2v) is 6.24. The van der Waals surface area contributed by atoms with E-state index < -0.39 is 42.4 Å². The van der Waals surface area contributed by atoms with Crippen LogP contribution < -0.4 is 16.6 Å². The predicted octanol–water partition coefficient (Wildman–Crippen LogP) is -0.938. The van der Waals surface area contributed by atoms with Crippen LogP contribution in [0.1, 0.15) is 25.6 Å². The van der Waals surface area contributed by atoms with Crippen LogP contribution in [0.5, 0.6) is 0 Å². The zero-order valence-corrected chi connectivity index (χ0v) is 14.5. The summed E-state index contributed by atoms with van der Waals surface area (Å²) in [5.74, 6) is 0.367. The molecule has 9 heteroatoms. The van der Waals surface area contributed by atoms with Gasteiger partial charge in [0, 0.05) is 19.9 Å². The molecule has 2 rings (SSSR count). The van der Waals surface area contributed by atoms with Crippen LogP contribution in [0.2, 0.25) is 0 Å². The molecule has 140 valence electrons. The first-order valence-electron chi connectivity index (χ1n) is 8.10. The maximum Gasteiger partial charge on any atom is 0.330 e. The van der Waals surface area contributed by atoms with E-state index >= 15 is 0 Å². The number of ether oxygens (including phenoxy) is 2. The van der Waals surface area contributed by atoms with E-state index in [0.717, 1.165) is 4.57 Å². The molecule has 1 fully saturated rings. The second-order valence-electron chi connectivity index (χ2n) is 6.24. The molecule has 0 aliphatic carbocycles. The van der Waals surface area contributed by atoms with Crippen LogP contribution in [-0.2, 0) is 16.0 Å². The second kappa shape index (κ2) is 8.43. The first-order valence-corrected chi connectivity index (χ1v) is 8.10. The van der Waals surface area contributed by atoms with Crippen LogP contribution in [0.15, 0.2) is 28.1 Å².